The Bertz CT molecular complexity index is 947. The first-order chi connectivity index (χ1) is 11.5. The van der Waals surface area contributed by atoms with Crippen LogP contribution >= 0.6 is 23.8 Å². The molecule has 7 heteroatoms. The van der Waals surface area contributed by atoms with E-state index in [4.69, 9.17) is 23.8 Å². The standard InChI is InChI=1S/C17H18ClN5S/c1-4-16-20-21-17(24)23(16)19-10-13-9-11(2)22(12(13)3)15-7-5-14(18)6-8-15/h5-10H,4H2,1-3H3,(H,21,24)/b19-10+. The number of nitrogens with zero attached hydrogens (tertiary/aromatic N) is 4. The first kappa shape index (κ1) is 16.7. The van der Waals surface area contributed by atoms with Gasteiger partial charge in [-0.3, -0.25) is 5.10 Å². The molecular formula is C17H18ClN5S. The van der Waals surface area contributed by atoms with Crippen molar-refractivity contribution in [2.24, 2.45) is 5.10 Å². The molecule has 0 amide bonds. The number of nitrogens with one attached hydrogen (secondary N) is 1. The van der Waals surface area contributed by atoms with Crippen molar-refractivity contribution in [2.75, 3.05) is 0 Å². The zero-order valence-electron chi connectivity index (χ0n) is 13.7. The van der Waals surface area contributed by atoms with E-state index < -0.39 is 0 Å². The highest BCUT2D eigenvalue weighted by atomic mass is 35.5. The molecule has 0 atom stereocenters. The lowest BCUT2D eigenvalue weighted by molar-refractivity contribution is 0.780. The number of rotatable bonds is 4. The quantitative estimate of drug-likeness (QED) is 0.552. The maximum atomic E-state index is 5.98. The highest BCUT2D eigenvalue weighted by Crippen LogP contribution is 2.21. The van der Waals surface area contributed by atoms with Gasteiger partial charge in [0.2, 0.25) is 4.77 Å². The van der Waals surface area contributed by atoms with E-state index in [0.717, 1.165) is 39.9 Å². The van der Waals surface area contributed by atoms with E-state index in [1.165, 1.54) is 0 Å². The van der Waals surface area contributed by atoms with Gasteiger partial charge in [-0.2, -0.15) is 14.9 Å². The lowest BCUT2D eigenvalue weighted by Gasteiger charge is -2.09. The average molecular weight is 360 g/mol. The van der Waals surface area contributed by atoms with Crippen LogP contribution in [0.2, 0.25) is 5.02 Å². The lowest BCUT2D eigenvalue weighted by atomic mass is 10.2. The molecule has 0 unspecified atom stereocenters. The van der Waals surface area contributed by atoms with Gasteiger partial charge in [-0.1, -0.05) is 18.5 Å². The first-order valence-corrected chi connectivity index (χ1v) is 8.45. The van der Waals surface area contributed by atoms with E-state index in [2.05, 4.69) is 39.8 Å². The summed E-state index contributed by atoms with van der Waals surface area (Å²) in [6, 6.07) is 9.89. The van der Waals surface area contributed by atoms with Crippen LogP contribution in [-0.2, 0) is 6.42 Å². The van der Waals surface area contributed by atoms with Crippen molar-refractivity contribution < 1.29 is 0 Å². The Morgan fingerprint density at radius 1 is 1.29 bits per heavy atom. The molecule has 0 fully saturated rings. The molecule has 0 aliphatic rings. The van der Waals surface area contributed by atoms with Crippen LogP contribution in [0.5, 0.6) is 0 Å². The molecule has 1 N–H and O–H groups in total. The third kappa shape index (κ3) is 3.07. The zero-order chi connectivity index (χ0) is 17.3. The van der Waals surface area contributed by atoms with Gasteiger partial charge in [0.05, 0.1) is 6.21 Å². The zero-order valence-corrected chi connectivity index (χ0v) is 15.3. The third-order valence-corrected chi connectivity index (χ3v) is 4.42. The van der Waals surface area contributed by atoms with Gasteiger partial charge in [-0.25, -0.2) is 0 Å². The van der Waals surface area contributed by atoms with Crippen LogP contribution in [0.25, 0.3) is 5.69 Å². The highest BCUT2D eigenvalue weighted by Gasteiger charge is 2.10. The summed E-state index contributed by atoms with van der Waals surface area (Å²) in [5.41, 5.74) is 4.34. The van der Waals surface area contributed by atoms with Crippen LogP contribution in [-0.4, -0.2) is 25.7 Å². The maximum absolute atomic E-state index is 5.98. The molecular weight excluding hydrogens is 342 g/mol. The number of aromatic nitrogens is 4. The number of halogens is 1. The summed E-state index contributed by atoms with van der Waals surface area (Å²) < 4.78 is 4.33. The maximum Gasteiger partial charge on any atom is 0.216 e. The number of H-pyrrole nitrogens is 1. The minimum Gasteiger partial charge on any atom is -0.318 e. The van der Waals surface area contributed by atoms with Crippen molar-refractivity contribution in [3.63, 3.8) is 0 Å². The molecule has 3 aromatic rings. The Balaban J connectivity index is 2.00. The second kappa shape index (κ2) is 6.75. The normalized spacial score (nSPS) is 11.5. The fourth-order valence-corrected chi connectivity index (χ4v) is 3.02. The van der Waals surface area contributed by atoms with E-state index in [1.807, 2.05) is 37.4 Å². The number of benzene rings is 1. The van der Waals surface area contributed by atoms with Crippen molar-refractivity contribution in [3.05, 3.63) is 62.9 Å². The second-order valence-corrected chi connectivity index (χ2v) is 6.32. The van der Waals surface area contributed by atoms with Gasteiger partial charge in [0.15, 0.2) is 5.82 Å². The Morgan fingerprint density at radius 2 is 2.00 bits per heavy atom. The Kier molecular flexibility index (Phi) is 4.69. The summed E-state index contributed by atoms with van der Waals surface area (Å²) in [6.45, 7) is 6.15. The molecule has 0 saturated heterocycles. The molecule has 0 bridgehead atoms. The monoisotopic (exact) mass is 359 g/mol. The van der Waals surface area contributed by atoms with Gasteiger partial charge in [-0.15, -0.1) is 0 Å². The molecule has 0 saturated carbocycles. The van der Waals surface area contributed by atoms with Crippen LogP contribution in [0.3, 0.4) is 0 Å². The summed E-state index contributed by atoms with van der Waals surface area (Å²) in [4.78, 5) is 0. The molecule has 5 nitrogen and oxygen atoms in total. The Labute approximate surface area is 150 Å². The predicted molar refractivity (Wildman–Crippen MR) is 100 cm³/mol. The van der Waals surface area contributed by atoms with Crippen LogP contribution in [0.1, 0.15) is 29.7 Å². The van der Waals surface area contributed by atoms with Gasteiger partial charge in [0, 0.05) is 34.1 Å². The van der Waals surface area contributed by atoms with Gasteiger partial charge < -0.3 is 4.57 Å². The summed E-state index contributed by atoms with van der Waals surface area (Å²) in [6.07, 6.45) is 2.58. The van der Waals surface area contributed by atoms with Crippen LogP contribution in [0.15, 0.2) is 35.4 Å². The molecule has 0 aliphatic carbocycles. The molecule has 2 heterocycles. The largest absolute Gasteiger partial charge is 0.318 e. The predicted octanol–water partition coefficient (Wildman–Crippen LogP) is 4.45. The molecule has 2 aromatic heterocycles. The number of aryl methyl sites for hydroxylation is 2. The molecule has 0 aliphatic heterocycles. The summed E-state index contributed by atoms with van der Waals surface area (Å²) in [5, 5.41) is 12.1. The molecule has 0 spiro atoms. The number of hydrogen-bond donors (Lipinski definition) is 1. The highest BCUT2D eigenvalue weighted by molar-refractivity contribution is 7.71. The second-order valence-electron chi connectivity index (χ2n) is 5.49. The van der Waals surface area contributed by atoms with Crippen molar-refractivity contribution in [1.29, 1.82) is 0 Å². The Hall–Kier alpha value is -2.18. The molecule has 24 heavy (non-hydrogen) atoms. The van der Waals surface area contributed by atoms with Crippen molar-refractivity contribution in [1.82, 2.24) is 19.4 Å². The van der Waals surface area contributed by atoms with Crippen LogP contribution in [0.4, 0.5) is 0 Å². The van der Waals surface area contributed by atoms with Crippen LogP contribution < -0.4 is 0 Å². The summed E-state index contributed by atoms with van der Waals surface area (Å²) >= 11 is 11.2. The SMILES string of the molecule is CCc1n[nH]c(=S)n1/N=C/c1cc(C)n(-c2ccc(Cl)cc2)c1C. The third-order valence-electron chi connectivity index (χ3n) is 3.90. The molecule has 3 rings (SSSR count). The van der Waals surface area contributed by atoms with Gasteiger partial charge in [-0.05, 0) is 56.4 Å². The van der Waals surface area contributed by atoms with Gasteiger partial charge in [0.25, 0.3) is 0 Å². The van der Waals surface area contributed by atoms with E-state index in [9.17, 15) is 0 Å². The average Bonchev–Trinajstić information content (AvgIpc) is 3.06. The van der Waals surface area contributed by atoms with E-state index in [-0.39, 0.29) is 0 Å². The number of aromatic amines is 1. The minimum absolute atomic E-state index is 0.495. The van der Waals surface area contributed by atoms with Crippen LogP contribution in [0, 0.1) is 18.6 Å². The lowest BCUT2D eigenvalue weighted by Crippen LogP contribution is -2.00. The summed E-state index contributed by atoms with van der Waals surface area (Å²) in [5.74, 6) is 0.808. The minimum atomic E-state index is 0.495. The molecule has 0 radical (unpaired) electrons. The number of hydrogen-bond acceptors (Lipinski definition) is 3. The van der Waals surface area contributed by atoms with E-state index >= 15 is 0 Å². The fraction of sp³-hybridized carbons (Fsp3) is 0.235. The van der Waals surface area contributed by atoms with E-state index in [0.29, 0.717) is 4.77 Å². The Morgan fingerprint density at radius 3 is 2.67 bits per heavy atom. The summed E-state index contributed by atoms with van der Waals surface area (Å²) in [7, 11) is 0. The van der Waals surface area contributed by atoms with Crippen molar-refractivity contribution in [3.8, 4) is 5.69 Å². The molecule has 124 valence electrons. The first-order valence-electron chi connectivity index (χ1n) is 7.66. The van der Waals surface area contributed by atoms with Gasteiger partial charge in [0.1, 0.15) is 0 Å². The van der Waals surface area contributed by atoms with Gasteiger partial charge >= 0.3 is 0 Å². The van der Waals surface area contributed by atoms with E-state index in [1.54, 1.807) is 4.68 Å². The topological polar surface area (TPSA) is 50.9 Å². The molecule has 1 aromatic carbocycles. The fourth-order valence-electron chi connectivity index (χ4n) is 2.70. The van der Waals surface area contributed by atoms with Crippen molar-refractivity contribution >= 4 is 30.0 Å². The smallest absolute Gasteiger partial charge is 0.216 e. The van der Waals surface area contributed by atoms with Crippen molar-refractivity contribution in [2.45, 2.75) is 27.2 Å².